The molecule has 0 saturated carbocycles. The Balaban J connectivity index is 1.85. The zero-order valence-corrected chi connectivity index (χ0v) is 14.1. The van der Waals surface area contributed by atoms with Crippen molar-refractivity contribution in [1.82, 2.24) is 4.90 Å². The third-order valence-corrected chi connectivity index (χ3v) is 4.16. The molecule has 1 aliphatic rings. The number of hydrogen-bond acceptors (Lipinski definition) is 5. The number of anilines is 1. The van der Waals surface area contributed by atoms with Gasteiger partial charge in [0.25, 0.3) is 5.91 Å². The fraction of sp³-hybridized carbons (Fsp3) is 0.118. The molecular formula is C17H14N4O3S. The van der Waals surface area contributed by atoms with E-state index in [4.69, 9.17) is 17.3 Å². The highest BCUT2D eigenvalue weighted by atomic mass is 32.1. The van der Waals surface area contributed by atoms with Crippen LogP contribution in [0.2, 0.25) is 0 Å². The summed E-state index contributed by atoms with van der Waals surface area (Å²) < 4.78 is 0. The average molecular weight is 354 g/mol. The van der Waals surface area contributed by atoms with E-state index in [0.29, 0.717) is 16.5 Å². The first kappa shape index (κ1) is 16.7. The molecule has 0 bridgehead atoms. The molecule has 0 aliphatic carbocycles. The summed E-state index contributed by atoms with van der Waals surface area (Å²) in [5, 5.41) is 17.4. The van der Waals surface area contributed by atoms with Crippen LogP contribution < -0.4 is 4.90 Å². The molecule has 1 saturated heterocycles. The monoisotopic (exact) mass is 354 g/mol. The Morgan fingerprint density at radius 1 is 1.16 bits per heavy atom. The number of carboxylic acids is 1. The molecule has 8 heteroatoms. The summed E-state index contributed by atoms with van der Waals surface area (Å²) in [6.45, 7) is 0. The standard InChI is InChI=1S/C17H14N4O3S/c1-20-14(19-18-12-7-5-6-11(10-12)16(23)24)15(22)21(17(20)25)13-8-3-2-4-9-13/h2-10,14H,1H3,(H,23,24). The molecule has 0 spiro atoms. The summed E-state index contributed by atoms with van der Waals surface area (Å²) >= 11 is 5.34. The zero-order valence-electron chi connectivity index (χ0n) is 13.2. The number of likely N-dealkylation sites (N-methyl/N-ethyl adjacent to an activating group) is 1. The van der Waals surface area contributed by atoms with Gasteiger partial charge in [0.1, 0.15) is 0 Å². The quantitative estimate of drug-likeness (QED) is 0.674. The highest BCUT2D eigenvalue weighted by Crippen LogP contribution is 2.26. The van der Waals surface area contributed by atoms with Crippen LogP contribution in [0, 0.1) is 0 Å². The minimum absolute atomic E-state index is 0.101. The molecule has 1 unspecified atom stereocenters. The van der Waals surface area contributed by atoms with Crippen molar-refractivity contribution < 1.29 is 14.7 Å². The number of thiocarbonyl (C=S) groups is 1. The molecule has 0 aromatic heterocycles. The van der Waals surface area contributed by atoms with Crippen molar-refractivity contribution in [2.45, 2.75) is 6.17 Å². The zero-order chi connectivity index (χ0) is 18.0. The lowest BCUT2D eigenvalue weighted by Crippen LogP contribution is -2.30. The lowest BCUT2D eigenvalue weighted by atomic mass is 10.2. The number of azo groups is 1. The third kappa shape index (κ3) is 3.24. The fourth-order valence-corrected chi connectivity index (χ4v) is 2.70. The Morgan fingerprint density at radius 3 is 2.56 bits per heavy atom. The molecule has 25 heavy (non-hydrogen) atoms. The van der Waals surface area contributed by atoms with Gasteiger partial charge in [-0.3, -0.25) is 9.69 Å². The van der Waals surface area contributed by atoms with Gasteiger partial charge in [0.2, 0.25) is 6.17 Å². The van der Waals surface area contributed by atoms with E-state index < -0.39 is 12.1 Å². The predicted octanol–water partition coefficient (Wildman–Crippen LogP) is 3.06. The minimum atomic E-state index is -1.05. The SMILES string of the molecule is CN1C(=S)N(c2ccccc2)C(=O)C1N=Nc1cccc(C(=O)O)c1. The molecule has 7 nitrogen and oxygen atoms in total. The van der Waals surface area contributed by atoms with Crippen molar-refractivity contribution in [2.75, 3.05) is 11.9 Å². The Hall–Kier alpha value is -3.13. The van der Waals surface area contributed by atoms with Crippen molar-refractivity contribution in [3.63, 3.8) is 0 Å². The average Bonchev–Trinajstić information content (AvgIpc) is 2.83. The molecule has 1 heterocycles. The normalized spacial score (nSPS) is 17.6. The summed E-state index contributed by atoms with van der Waals surface area (Å²) in [5.74, 6) is -1.36. The van der Waals surface area contributed by atoms with E-state index >= 15 is 0 Å². The molecule has 1 N–H and O–H groups in total. The first-order valence-corrected chi connectivity index (χ1v) is 7.80. The third-order valence-electron chi connectivity index (χ3n) is 3.69. The number of carboxylic acid groups (broad SMARTS) is 1. The number of carbonyl (C=O) groups is 2. The minimum Gasteiger partial charge on any atom is -0.478 e. The largest absolute Gasteiger partial charge is 0.478 e. The van der Waals surface area contributed by atoms with Crippen molar-refractivity contribution in [3.8, 4) is 0 Å². The fourth-order valence-electron chi connectivity index (χ4n) is 2.40. The maximum Gasteiger partial charge on any atom is 0.335 e. The lowest BCUT2D eigenvalue weighted by Gasteiger charge is -2.16. The number of hydrogen-bond donors (Lipinski definition) is 1. The smallest absolute Gasteiger partial charge is 0.335 e. The Morgan fingerprint density at radius 2 is 1.88 bits per heavy atom. The van der Waals surface area contributed by atoms with Crippen molar-refractivity contribution in [2.24, 2.45) is 10.2 Å². The maximum atomic E-state index is 12.7. The Labute approximate surface area is 149 Å². The number of aromatic carboxylic acids is 1. The van der Waals surface area contributed by atoms with Gasteiger partial charge in [-0.05, 0) is 42.5 Å². The molecule has 1 fully saturated rings. The molecule has 1 aliphatic heterocycles. The van der Waals surface area contributed by atoms with Crippen LogP contribution in [0.4, 0.5) is 11.4 Å². The molecule has 1 amide bonds. The number of nitrogens with zero attached hydrogens (tertiary/aromatic N) is 4. The first-order chi connectivity index (χ1) is 12.0. The maximum absolute atomic E-state index is 12.7. The van der Waals surface area contributed by atoms with E-state index in [2.05, 4.69) is 10.2 Å². The van der Waals surface area contributed by atoms with Crippen LogP contribution >= 0.6 is 12.2 Å². The van der Waals surface area contributed by atoms with Gasteiger partial charge < -0.3 is 10.0 Å². The second-order valence-corrected chi connectivity index (χ2v) is 5.71. The number of benzene rings is 2. The van der Waals surface area contributed by atoms with Crippen molar-refractivity contribution >= 4 is 40.6 Å². The summed E-state index contributed by atoms with van der Waals surface area (Å²) in [5.41, 5.74) is 1.11. The molecule has 0 radical (unpaired) electrons. The van der Waals surface area contributed by atoms with Crippen LogP contribution in [-0.4, -0.2) is 40.2 Å². The van der Waals surface area contributed by atoms with Gasteiger partial charge in [-0.25, -0.2) is 4.79 Å². The van der Waals surface area contributed by atoms with Gasteiger partial charge in [-0.15, -0.1) is 0 Å². The number of carbonyl (C=O) groups excluding carboxylic acids is 1. The van der Waals surface area contributed by atoms with Crippen LogP contribution in [-0.2, 0) is 4.79 Å². The van der Waals surface area contributed by atoms with E-state index in [1.54, 1.807) is 36.2 Å². The van der Waals surface area contributed by atoms with Gasteiger partial charge >= 0.3 is 5.97 Å². The summed E-state index contributed by atoms with van der Waals surface area (Å²) in [6, 6.07) is 15.1. The van der Waals surface area contributed by atoms with Crippen LogP contribution in [0.25, 0.3) is 0 Å². The van der Waals surface area contributed by atoms with Gasteiger partial charge in [-0.1, -0.05) is 24.3 Å². The highest BCUT2D eigenvalue weighted by Gasteiger charge is 2.41. The second-order valence-electron chi connectivity index (χ2n) is 5.35. The van der Waals surface area contributed by atoms with Gasteiger partial charge in [0, 0.05) is 7.05 Å². The van der Waals surface area contributed by atoms with Crippen molar-refractivity contribution in [3.05, 3.63) is 60.2 Å². The Bertz CT molecular complexity index is 869. The molecule has 3 rings (SSSR count). The second kappa shape index (κ2) is 6.78. The van der Waals surface area contributed by atoms with E-state index in [1.165, 1.54) is 17.0 Å². The molecule has 1 atom stereocenters. The Kier molecular flexibility index (Phi) is 4.53. The van der Waals surface area contributed by atoms with Crippen LogP contribution in [0.3, 0.4) is 0 Å². The van der Waals surface area contributed by atoms with Crippen LogP contribution in [0.1, 0.15) is 10.4 Å². The van der Waals surface area contributed by atoms with Crippen LogP contribution in [0.15, 0.2) is 64.8 Å². The van der Waals surface area contributed by atoms with E-state index in [1.807, 2.05) is 18.2 Å². The van der Waals surface area contributed by atoms with Gasteiger partial charge in [0.15, 0.2) is 5.11 Å². The molecule has 126 valence electrons. The number of para-hydroxylation sites is 1. The van der Waals surface area contributed by atoms with Gasteiger partial charge in [-0.2, -0.15) is 10.2 Å². The highest BCUT2D eigenvalue weighted by molar-refractivity contribution is 7.80. The first-order valence-electron chi connectivity index (χ1n) is 7.39. The number of rotatable bonds is 4. The van der Waals surface area contributed by atoms with E-state index in [-0.39, 0.29) is 11.5 Å². The molecule has 2 aromatic rings. The summed E-state index contributed by atoms with van der Waals surface area (Å²) in [7, 11) is 1.67. The topological polar surface area (TPSA) is 85.6 Å². The predicted molar refractivity (Wildman–Crippen MR) is 96.0 cm³/mol. The lowest BCUT2D eigenvalue weighted by molar-refractivity contribution is -0.119. The molecular weight excluding hydrogens is 340 g/mol. The summed E-state index contributed by atoms with van der Waals surface area (Å²) in [4.78, 5) is 26.6. The molecule has 2 aromatic carbocycles. The van der Waals surface area contributed by atoms with Gasteiger partial charge in [0.05, 0.1) is 16.9 Å². The van der Waals surface area contributed by atoms with E-state index in [0.717, 1.165) is 0 Å². The van der Waals surface area contributed by atoms with Crippen molar-refractivity contribution in [1.29, 1.82) is 0 Å². The van der Waals surface area contributed by atoms with E-state index in [9.17, 15) is 9.59 Å². The summed E-state index contributed by atoms with van der Waals surface area (Å²) in [6.07, 6.45) is -0.888. The number of amides is 1. The van der Waals surface area contributed by atoms with Crippen LogP contribution in [0.5, 0.6) is 0 Å².